The first-order valence-electron chi connectivity index (χ1n) is 9.70. The standard InChI is InChI=1S/C22H31NOS/c1-3-4-5-11-23-12-9-22(19-10-13-25-17-19)20(15-23)16-24-21-8-6-7-18(2)14-21/h6-8,10,13-14,17,20,22H,3-5,9,11-12,15-16H2,1-2H3. The quantitative estimate of drug-likeness (QED) is 0.559. The second-order valence-electron chi connectivity index (χ2n) is 7.35. The van der Waals surface area contributed by atoms with Gasteiger partial charge >= 0.3 is 0 Å². The maximum absolute atomic E-state index is 6.21. The zero-order valence-electron chi connectivity index (χ0n) is 15.6. The lowest BCUT2D eigenvalue weighted by molar-refractivity contribution is 0.110. The van der Waals surface area contributed by atoms with Gasteiger partial charge in [-0.05, 0) is 78.9 Å². The van der Waals surface area contributed by atoms with Crippen LogP contribution in [0.3, 0.4) is 0 Å². The van der Waals surface area contributed by atoms with Gasteiger partial charge in [0.1, 0.15) is 5.75 Å². The maximum atomic E-state index is 6.21. The molecule has 136 valence electrons. The van der Waals surface area contributed by atoms with Crippen LogP contribution in [-0.4, -0.2) is 31.1 Å². The van der Waals surface area contributed by atoms with Gasteiger partial charge < -0.3 is 9.64 Å². The molecule has 0 N–H and O–H groups in total. The fourth-order valence-corrected chi connectivity index (χ4v) is 4.62. The van der Waals surface area contributed by atoms with Gasteiger partial charge in [-0.1, -0.05) is 31.9 Å². The van der Waals surface area contributed by atoms with Crippen LogP contribution in [0.1, 0.15) is 49.7 Å². The fourth-order valence-electron chi connectivity index (χ4n) is 3.90. The van der Waals surface area contributed by atoms with Gasteiger partial charge in [0.2, 0.25) is 0 Å². The molecule has 0 radical (unpaired) electrons. The molecule has 2 aromatic rings. The summed E-state index contributed by atoms with van der Waals surface area (Å²) in [6, 6.07) is 10.7. The molecule has 3 rings (SSSR count). The van der Waals surface area contributed by atoms with Crippen molar-refractivity contribution < 1.29 is 4.74 Å². The minimum absolute atomic E-state index is 0.575. The molecule has 1 aromatic carbocycles. The third kappa shape index (κ3) is 5.32. The van der Waals surface area contributed by atoms with E-state index in [2.05, 4.69) is 59.8 Å². The highest BCUT2D eigenvalue weighted by atomic mass is 32.1. The Morgan fingerprint density at radius 1 is 1.24 bits per heavy atom. The summed E-state index contributed by atoms with van der Waals surface area (Å²) in [6.45, 7) is 8.85. The molecule has 2 heterocycles. The highest BCUT2D eigenvalue weighted by molar-refractivity contribution is 7.07. The molecule has 2 unspecified atom stereocenters. The molecule has 1 aromatic heterocycles. The fraction of sp³-hybridized carbons (Fsp3) is 0.545. The van der Waals surface area contributed by atoms with E-state index in [1.165, 1.54) is 49.9 Å². The van der Waals surface area contributed by atoms with Crippen molar-refractivity contribution in [3.63, 3.8) is 0 Å². The lowest BCUT2D eigenvalue weighted by Crippen LogP contribution is -2.42. The van der Waals surface area contributed by atoms with Crippen LogP contribution >= 0.6 is 11.3 Å². The highest BCUT2D eigenvalue weighted by Crippen LogP contribution is 2.34. The molecular formula is C22H31NOS. The average Bonchev–Trinajstić information content (AvgIpc) is 3.15. The number of likely N-dealkylation sites (tertiary alicyclic amines) is 1. The molecule has 2 nitrogen and oxygen atoms in total. The van der Waals surface area contributed by atoms with E-state index in [0.717, 1.165) is 18.9 Å². The normalized spacial score (nSPS) is 21.4. The summed E-state index contributed by atoms with van der Waals surface area (Å²) in [5.41, 5.74) is 2.77. The van der Waals surface area contributed by atoms with E-state index in [-0.39, 0.29) is 0 Å². The van der Waals surface area contributed by atoms with Crippen molar-refractivity contribution in [3.8, 4) is 5.75 Å². The predicted octanol–water partition coefficient (Wildman–Crippen LogP) is 5.73. The van der Waals surface area contributed by atoms with E-state index in [4.69, 9.17) is 4.74 Å². The van der Waals surface area contributed by atoms with Crippen molar-refractivity contribution in [2.24, 2.45) is 5.92 Å². The SMILES string of the molecule is CCCCCN1CCC(c2ccsc2)C(COc2cccc(C)c2)C1. The molecule has 1 fully saturated rings. The number of piperidine rings is 1. The van der Waals surface area contributed by atoms with E-state index in [1.807, 2.05) is 11.3 Å². The van der Waals surface area contributed by atoms with Crippen LogP contribution in [0.5, 0.6) is 5.75 Å². The Hall–Kier alpha value is -1.32. The van der Waals surface area contributed by atoms with E-state index < -0.39 is 0 Å². The zero-order valence-corrected chi connectivity index (χ0v) is 16.4. The van der Waals surface area contributed by atoms with Gasteiger partial charge in [0.25, 0.3) is 0 Å². The number of unbranched alkanes of at least 4 members (excludes halogenated alkanes) is 2. The molecule has 1 aliphatic heterocycles. The summed E-state index contributed by atoms with van der Waals surface area (Å²) >= 11 is 1.81. The van der Waals surface area contributed by atoms with Crippen LogP contribution in [0.25, 0.3) is 0 Å². The van der Waals surface area contributed by atoms with Gasteiger partial charge in [-0.25, -0.2) is 0 Å². The van der Waals surface area contributed by atoms with Crippen LogP contribution < -0.4 is 4.74 Å². The Morgan fingerprint density at radius 2 is 2.16 bits per heavy atom. The first kappa shape index (κ1) is 18.5. The molecule has 0 amide bonds. The Labute approximate surface area is 156 Å². The van der Waals surface area contributed by atoms with Gasteiger partial charge in [-0.3, -0.25) is 0 Å². The van der Waals surface area contributed by atoms with Gasteiger partial charge in [0.15, 0.2) is 0 Å². The monoisotopic (exact) mass is 357 g/mol. The Kier molecular flexibility index (Phi) is 6.94. The number of aryl methyl sites for hydroxylation is 1. The molecule has 2 atom stereocenters. The predicted molar refractivity (Wildman–Crippen MR) is 108 cm³/mol. The Bertz CT molecular complexity index is 625. The second-order valence-corrected chi connectivity index (χ2v) is 8.13. The topological polar surface area (TPSA) is 12.5 Å². The van der Waals surface area contributed by atoms with Crippen molar-refractivity contribution in [1.29, 1.82) is 0 Å². The number of ether oxygens (including phenoxy) is 1. The van der Waals surface area contributed by atoms with Crippen molar-refractivity contribution >= 4 is 11.3 Å². The van der Waals surface area contributed by atoms with Crippen LogP contribution in [-0.2, 0) is 0 Å². The minimum atomic E-state index is 0.575. The molecular weight excluding hydrogens is 326 g/mol. The molecule has 3 heteroatoms. The smallest absolute Gasteiger partial charge is 0.119 e. The molecule has 0 aliphatic carbocycles. The Morgan fingerprint density at radius 3 is 2.92 bits per heavy atom. The van der Waals surface area contributed by atoms with E-state index in [9.17, 15) is 0 Å². The minimum Gasteiger partial charge on any atom is -0.493 e. The number of hydrogen-bond acceptors (Lipinski definition) is 3. The van der Waals surface area contributed by atoms with Crippen molar-refractivity contribution in [2.45, 2.75) is 45.4 Å². The molecule has 0 bridgehead atoms. The lowest BCUT2D eigenvalue weighted by Gasteiger charge is -2.38. The number of benzene rings is 1. The summed E-state index contributed by atoms with van der Waals surface area (Å²) in [6.07, 6.45) is 5.22. The van der Waals surface area contributed by atoms with Gasteiger partial charge in [0.05, 0.1) is 6.61 Å². The molecule has 0 saturated carbocycles. The number of nitrogens with zero attached hydrogens (tertiary/aromatic N) is 1. The largest absolute Gasteiger partial charge is 0.493 e. The van der Waals surface area contributed by atoms with Crippen molar-refractivity contribution in [1.82, 2.24) is 4.90 Å². The van der Waals surface area contributed by atoms with Gasteiger partial charge in [-0.15, -0.1) is 0 Å². The summed E-state index contributed by atoms with van der Waals surface area (Å²) in [5, 5.41) is 4.54. The van der Waals surface area contributed by atoms with Crippen LogP contribution in [0.15, 0.2) is 41.1 Å². The van der Waals surface area contributed by atoms with E-state index in [1.54, 1.807) is 0 Å². The third-order valence-corrected chi connectivity index (χ3v) is 6.02. The van der Waals surface area contributed by atoms with E-state index >= 15 is 0 Å². The second kappa shape index (κ2) is 9.40. The van der Waals surface area contributed by atoms with Crippen molar-refractivity contribution in [3.05, 3.63) is 52.2 Å². The average molecular weight is 358 g/mol. The van der Waals surface area contributed by atoms with Crippen molar-refractivity contribution in [2.75, 3.05) is 26.2 Å². The summed E-state index contributed by atoms with van der Waals surface area (Å²) in [7, 11) is 0. The molecule has 1 aliphatic rings. The zero-order chi connectivity index (χ0) is 17.5. The molecule has 0 spiro atoms. The third-order valence-electron chi connectivity index (χ3n) is 5.32. The molecule has 25 heavy (non-hydrogen) atoms. The summed E-state index contributed by atoms with van der Waals surface area (Å²) in [4.78, 5) is 2.66. The van der Waals surface area contributed by atoms with E-state index in [0.29, 0.717) is 11.8 Å². The van der Waals surface area contributed by atoms with Gasteiger partial charge in [-0.2, -0.15) is 11.3 Å². The lowest BCUT2D eigenvalue weighted by atomic mass is 9.82. The molecule has 1 saturated heterocycles. The summed E-state index contributed by atoms with van der Waals surface area (Å²) in [5.74, 6) is 2.22. The van der Waals surface area contributed by atoms with Gasteiger partial charge in [0, 0.05) is 12.5 Å². The number of hydrogen-bond donors (Lipinski definition) is 0. The van der Waals surface area contributed by atoms with Crippen LogP contribution in [0.4, 0.5) is 0 Å². The Balaban J connectivity index is 1.63. The first-order valence-corrected chi connectivity index (χ1v) is 10.6. The number of rotatable bonds is 8. The maximum Gasteiger partial charge on any atom is 0.119 e. The number of thiophene rings is 1. The van der Waals surface area contributed by atoms with Crippen LogP contribution in [0, 0.1) is 12.8 Å². The highest BCUT2D eigenvalue weighted by Gasteiger charge is 2.31. The summed E-state index contributed by atoms with van der Waals surface area (Å²) < 4.78 is 6.21. The first-order chi connectivity index (χ1) is 12.3. The van der Waals surface area contributed by atoms with Crippen LogP contribution in [0.2, 0.25) is 0 Å².